The topological polar surface area (TPSA) is 52.6 Å². The van der Waals surface area contributed by atoms with Crippen LogP contribution in [0.25, 0.3) is 33.4 Å². The summed E-state index contributed by atoms with van der Waals surface area (Å²) in [7, 11) is 2.64. The largest absolute Gasteiger partial charge is 0.465 e. The number of carbonyl (C=O) groups is 2. The molecule has 1 aliphatic heterocycles. The van der Waals surface area contributed by atoms with Gasteiger partial charge < -0.3 is 9.47 Å². The molecule has 1 heterocycles. The van der Waals surface area contributed by atoms with E-state index >= 15 is 0 Å². The van der Waals surface area contributed by atoms with Gasteiger partial charge >= 0.3 is 11.9 Å². The van der Waals surface area contributed by atoms with Gasteiger partial charge in [-0.05, 0) is 46.0 Å². The fraction of sp³-hybridized carbons (Fsp3) is 0.0714. The molecule has 0 fully saturated rings. The van der Waals surface area contributed by atoms with E-state index < -0.39 is 11.9 Å². The number of methoxy groups -OCH3 is 2. The number of benzene rings is 4. The summed E-state index contributed by atoms with van der Waals surface area (Å²) in [6.45, 7) is 0. The van der Waals surface area contributed by atoms with Crippen LogP contribution in [0.5, 0.6) is 0 Å². The molecule has 0 aromatic heterocycles. The molecule has 1 aliphatic rings. The first-order valence-electron chi connectivity index (χ1n) is 10.4. The van der Waals surface area contributed by atoms with Crippen LogP contribution >= 0.6 is 11.8 Å². The van der Waals surface area contributed by atoms with E-state index in [0.717, 1.165) is 37.6 Å². The molecule has 0 aliphatic carbocycles. The highest BCUT2D eigenvalue weighted by Gasteiger charge is 2.31. The SMILES string of the molecule is COC(=O)c1cc2c(c(-c3ccccc3)c1C(=O)OC)-c1ccccc1Sc1ccccc1-2. The van der Waals surface area contributed by atoms with E-state index in [1.165, 1.54) is 14.2 Å². The number of hydrogen-bond acceptors (Lipinski definition) is 5. The van der Waals surface area contributed by atoms with Crippen molar-refractivity contribution in [1.82, 2.24) is 0 Å². The third-order valence-electron chi connectivity index (χ3n) is 5.74. The highest BCUT2D eigenvalue weighted by molar-refractivity contribution is 7.99. The van der Waals surface area contributed by atoms with Crippen LogP contribution in [0.15, 0.2) is 94.7 Å². The second kappa shape index (κ2) is 8.60. The van der Waals surface area contributed by atoms with Gasteiger partial charge in [-0.2, -0.15) is 0 Å². The van der Waals surface area contributed by atoms with E-state index in [0.29, 0.717) is 5.56 Å². The predicted molar refractivity (Wildman–Crippen MR) is 130 cm³/mol. The zero-order valence-corrected chi connectivity index (χ0v) is 18.9. The van der Waals surface area contributed by atoms with Gasteiger partial charge in [0.25, 0.3) is 0 Å². The molecule has 33 heavy (non-hydrogen) atoms. The summed E-state index contributed by atoms with van der Waals surface area (Å²) < 4.78 is 10.3. The van der Waals surface area contributed by atoms with Crippen molar-refractivity contribution in [3.05, 3.63) is 96.1 Å². The second-order valence-corrected chi connectivity index (χ2v) is 8.62. The summed E-state index contributed by atoms with van der Waals surface area (Å²) in [5.74, 6) is -1.17. The zero-order chi connectivity index (χ0) is 22.9. The molecule has 0 saturated heterocycles. The van der Waals surface area contributed by atoms with E-state index in [9.17, 15) is 9.59 Å². The molecule has 4 nitrogen and oxygen atoms in total. The van der Waals surface area contributed by atoms with Gasteiger partial charge in [0.2, 0.25) is 0 Å². The molecule has 5 heteroatoms. The lowest BCUT2D eigenvalue weighted by Gasteiger charge is -2.21. The number of rotatable bonds is 3. The van der Waals surface area contributed by atoms with Gasteiger partial charge in [-0.25, -0.2) is 9.59 Å². The smallest absolute Gasteiger partial charge is 0.339 e. The molecular weight excluding hydrogens is 432 g/mol. The number of ether oxygens (including phenoxy) is 2. The molecule has 0 atom stereocenters. The maximum atomic E-state index is 13.1. The van der Waals surface area contributed by atoms with Crippen molar-refractivity contribution in [2.24, 2.45) is 0 Å². The molecule has 0 saturated carbocycles. The number of esters is 2. The number of hydrogen-bond donors (Lipinski definition) is 0. The highest BCUT2D eigenvalue weighted by Crippen LogP contribution is 2.52. The summed E-state index contributed by atoms with van der Waals surface area (Å²) in [5.41, 5.74) is 5.61. The standard InChI is InChI=1S/C28H20O4S/c1-31-27(29)21-16-20-18-12-6-8-14-22(18)33-23-15-9-7-13-19(23)25(20)24(26(21)28(30)32-2)17-10-4-3-5-11-17/h3-16H,1-2H3. The molecule has 0 radical (unpaired) electrons. The van der Waals surface area contributed by atoms with Crippen molar-refractivity contribution in [1.29, 1.82) is 0 Å². The molecule has 4 aromatic rings. The number of fused-ring (bicyclic) bond motifs is 5. The van der Waals surface area contributed by atoms with E-state index in [1.807, 2.05) is 60.7 Å². The molecule has 0 amide bonds. The minimum absolute atomic E-state index is 0.182. The summed E-state index contributed by atoms with van der Waals surface area (Å²) >= 11 is 1.67. The lowest BCUT2D eigenvalue weighted by Crippen LogP contribution is -2.15. The van der Waals surface area contributed by atoms with Gasteiger partial charge in [0.05, 0.1) is 25.3 Å². The zero-order valence-electron chi connectivity index (χ0n) is 18.1. The van der Waals surface area contributed by atoms with Gasteiger partial charge in [-0.1, -0.05) is 78.5 Å². The molecular formula is C28H20O4S. The van der Waals surface area contributed by atoms with Crippen LogP contribution in [0.1, 0.15) is 20.7 Å². The third kappa shape index (κ3) is 3.51. The average molecular weight is 453 g/mol. The first-order valence-corrected chi connectivity index (χ1v) is 11.3. The Morgan fingerprint density at radius 1 is 0.636 bits per heavy atom. The Hall–Kier alpha value is -3.83. The quantitative estimate of drug-likeness (QED) is 0.284. The molecule has 0 N–H and O–H groups in total. The maximum Gasteiger partial charge on any atom is 0.339 e. The molecule has 162 valence electrons. The van der Waals surface area contributed by atoms with Gasteiger partial charge in [0, 0.05) is 15.4 Å². The molecule has 5 rings (SSSR count). The van der Waals surface area contributed by atoms with Crippen LogP contribution in [-0.2, 0) is 9.47 Å². The Labute approximate surface area is 196 Å². The summed E-state index contributed by atoms with van der Waals surface area (Å²) in [6.07, 6.45) is 0. The summed E-state index contributed by atoms with van der Waals surface area (Å²) in [6, 6.07) is 27.6. The van der Waals surface area contributed by atoms with Crippen LogP contribution in [0, 0.1) is 0 Å². The first-order chi connectivity index (χ1) is 16.1. The number of carbonyl (C=O) groups excluding carboxylic acids is 2. The molecule has 0 spiro atoms. The summed E-state index contributed by atoms with van der Waals surface area (Å²) in [5, 5.41) is 0. The van der Waals surface area contributed by atoms with Crippen LogP contribution in [0.4, 0.5) is 0 Å². The van der Waals surface area contributed by atoms with Crippen molar-refractivity contribution in [2.45, 2.75) is 9.79 Å². The van der Waals surface area contributed by atoms with Gasteiger partial charge in [0.1, 0.15) is 0 Å². The van der Waals surface area contributed by atoms with Crippen molar-refractivity contribution < 1.29 is 19.1 Å². The van der Waals surface area contributed by atoms with E-state index in [4.69, 9.17) is 9.47 Å². The Morgan fingerprint density at radius 2 is 1.21 bits per heavy atom. The van der Waals surface area contributed by atoms with Crippen LogP contribution in [0.3, 0.4) is 0 Å². The Bertz CT molecular complexity index is 1390. The third-order valence-corrected chi connectivity index (χ3v) is 6.89. The summed E-state index contributed by atoms with van der Waals surface area (Å²) in [4.78, 5) is 28.2. The van der Waals surface area contributed by atoms with Crippen LogP contribution in [0.2, 0.25) is 0 Å². The Kier molecular flexibility index (Phi) is 5.48. The fourth-order valence-electron chi connectivity index (χ4n) is 4.31. The highest BCUT2D eigenvalue weighted by atomic mass is 32.2. The first kappa shape index (κ1) is 21.0. The lowest BCUT2D eigenvalue weighted by molar-refractivity contribution is 0.0556. The van der Waals surface area contributed by atoms with Crippen molar-refractivity contribution in [3.63, 3.8) is 0 Å². The van der Waals surface area contributed by atoms with Crippen molar-refractivity contribution in [2.75, 3.05) is 14.2 Å². The Balaban J connectivity index is 2.04. The minimum Gasteiger partial charge on any atom is -0.465 e. The minimum atomic E-state index is -0.585. The monoisotopic (exact) mass is 452 g/mol. The van der Waals surface area contributed by atoms with E-state index in [2.05, 4.69) is 18.2 Å². The van der Waals surface area contributed by atoms with E-state index in [1.54, 1.807) is 17.8 Å². The van der Waals surface area contributed by atoms with E-state index in [-0.39, 0.29) is 11.1 Å². The van der Waals surface area contributed by atoms with Crippen molar-refractivity contribution >= 4 is 23.7 Å². The fourth-order valence-corrected chi connectivity index (χ4v) is 5.41. The Morgan fingerprint density at radius 3 is 1.88 bits per heavy atom. The van der Waals surface area contributed by atoms with Crippen LogP contribution in [-0.4, -0.2) is 26.2 Å². The molecule has 0 bridgehead atoms. The van der Waals surface area contributed by atoms with Crippen molar-refractivity contribution in [3.8, 4) is 33.4 Å². The van der Waals surface area contributed by atoms with Gasteiger partial charge in [-0.15, -0.1) is 0 Å². The average Bonchev–Trinajstić information content (AvgIpc) is 3.01. The molecule has 0 unspecified atom stereocenters. The normalized spacial score (nSPS) is 11.5. The van der Waals surface area contributed by atoms with Crippen LogP contribution < -0.4 is 0 Å². The van der Waals surface area contributed by atoms with Gasteiger partial charge in [0.15, 0.2) is 0 Å². The molecule has 4 aromatic carbocycles. The second-order valence-electron chi connectivity index (χ2n) is 7.54. The maximum absolute atomic E-state index is 13.1. The van der Waals surface area contributed by atoms with Gasteiger partial charge in [-0.3, -0.25) is 0 Å². The lowest BCUT2D eigenvalue weighted by atomic mass is 9.82. The predicted octanol–water partition coefficient (Wildman–Crippen LogP) is 6.73.